The second-order valence-corrected chi connectivity index (χ2v) is 6.29. The van der Waals surface area contributed by atoms with E-state index in [4.69, 9.17) is 20.2 Å². The van der Waals surface area contributed by atoms with E-state index < -0.39 is 0 Å². The molecule has 0 unspecified atom stereocenters. The highest BCUT2D eigenvalue weighted by Gasteiger charge is 2.22. The lowest BCUT2D eigenvalue weighted by Gasteiger charge is -2.15. The summed E-state index contributed by atoms with van der Waals surface area (Å²) in [4.78, 5) is 17.9. The average Bonchev–Trinajstić information content (AvgIpc) is 3.16. The highest BCUT2D eigenvalue weighted by Crippen LogP contribution is 2.32. The Hall–Kier alpha value is -3.68. The lowest BCUT2D eigenvalue weighted by atomic mass is 10.1. The zero-order valence-electron chi connectivity index (χ0n) is 15.9. The zero-order valence-corrected chi connectivity index (χ0v) is 15.9. The molecule has 28 heavy (non-hydrogen) atoms. The topological polar surface area (TPSA) is 101 Å². The van der Waals surface area contributed by atoms with Gasteiger partial charge in [-0.25, -0.2) is 19.9 Å². The van der Waals surface area contributed by atoms with Crippen molar-refractivity contribution in [1.29, 1.82) is 0 Å². The van der Waals surface area contributed by atoms with Crippen LogP contribution in [0.2, 0.25) is 0 Å². The van der Waals surface area contributed by atoms with Crippen molar-refractivity contribution in [2.45, 2.75) is 13.5 Å². The Balaban J connectivity index is 1.84. The first-order valence-corrected chi connectivity index (χ1v) is 8.72. The summed E-state index contributed by atoms with van der Waals surface area (Å²) in [6.45, 7) is 2.42. The summed E-state index contributed by atoms with van der Waals surface area (Å²) >= 11 is 0. The van der Waals surface area contributed by atoms with Crippen molar-refractivity contribution in [2.24, 2.45) is 0 Å². The lowest BCUT2D eigenvalue weighted by molar-refractivity contribution is 0.371. The minimum Gasteiger partial charge on any atom is -0.496 e. The van der Waals surface area contributed by atoms with E-state index in [1.165, 1.54) is 0 Å². The number of rotatable bonds is 5. The van der Waals surface area contributed by atoms with Crippen molar-refractivity contribution < 1.29 is 9.47 Å². The third kappa shape index (κ3) is 2.98. The number of ether oxygens (including phenoxy) is 2. The van der Waals surface area contributed by atoms with E-state index in [0.717, 1.165) is 16.7 Å². The van der Waals surface area contributed by atoms with E-state index in [9.17, 15) is 0 Å². The molecule has 0 amide bonds. The number of nitrogens with two attached hydrogens (primary N) is 1. The third-order valence-corrected chi connectivity index (χ3v) is 4.59. The maximum absolute atomic E-state index is 6.07. The number of methoxy groups -OCH3 is 2. The number of imidazole rings is 1. The fourth-order valence-corrected chi connectivity index (χ4v) is 3.15. The van der Waals surface area contributed by atoms with Crippen molar-refractivity contribution in [2.75, 3.05) is 20.0 Å². The van der Waals surface area contributed by atoms with E-state index in [2.05, 4.69) is 15.0 Å². The van der Waals surface area contributed by atoms with Gasteiger partial charge in [-0.2, -0.15) is 0 Å². The van der Waals surface area contributed by atoms with Gasteiger partial charge in [0.25, 0.3) is 0 Å². The van der Waals surface area contributed by atoms with Gasteiger partial charge in [0.15, 0.2) is 23.2 Å². The molecule has 4 rings (SSSR count). The highest BCUT2D eigenvalue weighted by atomic mass is 16.5. The Kier molecular flexibility index (Phi) is 4.52. The number of pyridine rings is 1. The van der Waals surface area contributed by atoms with Crippen LogP contribution >= 0.6 is 0 Å². The molecule has 0 saturated carbocycles. The molecule has 2 aromatic rings. The van der Waals surface area contributed by atoms with Crippen LogP contribution in [0.5, 0.6) is 11.6 Å². The van der Waals surface area contributed by atoms with Crippen LogP contribution in [-0.4, -0.2) is 38.7 Å². The molecule has 8 nitrogen and oxygen atoms in total. The average molecular weight is 376 g/mol. The molecule has 0 saturated heterocycles. The Morgan fingerprint density at radius 2 is 1.86 bits per heavy atom. The first-order valence-electron chi connectivity index (χ1n) is 8.72. The van der Waals surface area contributed by atoms with Gasteiger partial charge in [0.2, 0.25) is 5.88 Å². The molecule has 0 atom stereocenters. The van der Waals surface area contributed by atoms with Crippen LogP contribution in [0.4, 0.5) is 5.82 Å². The molecule has 0 fully saturated rings. The number of nitrogen functional groups attached to an aromatic ring is 1. The number of aryl methyl sites for hydroxylation is 1. The molecule has 1 aromatic heterocycles. The number of anilines is 1. The predicted octanol–water partition coefficient (Wildman–Crippen LogP) is 2.80. The predicted molar refractivity (Wildman–Crippen MR) is 105 cm³/mol. The fourth-order valence-electron chi connectivity index (χ4n) is 3.15. The molecule has 3 heterocycles. The van der Waals surface area contributed by atoms with Gasteiger partial charge in [-0.15, -0.1) is 0 Å². The van der Waals surface area contributed by atoms with Crippen molar-refractivity contribution in [3.8, 4) is 34.5 Å². The number of fused-ring (bicyclic) bond motifs is 1. The van der Waals surface area contributed by atoms with Gasteiger partial charge >= 0.3 is 0 Å². The SMILES string of the molecule is COc1ccnc(OC)c1Cn1cnc(N)c2nc(-c3ccccc3C)nc1-2. The van der Waals surface area contributed by atoms with Gasteiger partial charge in [0, 0.05) is 11.8 Å². The Bertz CT molecular complexity index is 1090. The third-order valence-electron chi connectivity index (χ3n) is 4.59. The van der Waals surface area contributed by atoms with Crippen LogP contribution in [0.15, 0.2) is 42.9 Å². The summed E-state index contributed by atoms with van der Waals surface area (Å²) in [5, 5.41) is 0. The molecule has 142 valence electrons. The molecule has 0 spiro atoms. The molecule has 0 radical (unpaired) electrons. The van der Waals surface area contributed by atoms with Crippen molar-refractivity contribution in [3.05, 3.63) is 54.0 Å². The number of benzene rings is 1. The van der Waals surface area contributed by atoms with Crippen LogP contribution in [-0.2, 0) is 6.54 Å². The van der Waals surface area contributed by atoms with Crippen LogP contribution in [0, 0.1) is 6.92 Å². The van der Waals surface area contributed by atoms with Crippen molar-refractivity contribution >= 4 is 5.82 Å². The van der Waals surface area contributed by atoms with Crippen LogP contribution in [0.25, 0.3) is 22.9 Å². The number of nitrogens with zero attached hydrogens (tertiary/aromatic N) is 5. The van der Waals surface area contributed by atoms with Gasteiger partial charge in [-0.05, 0) is 18.6 Å². The first kappa shape index (κ1) is 17.7. The highest BCUT2D eigenvalue weighted by molar-refractivity contribution is 5.72. The van der Waals surface area contributed by atoms with Gasteiger partial charge in [-0.1, -0.05) is 24.3 Å². The lowest BCUT2D eigenvalue weighted by Crippen LogP contribution is -2.11. The summed E-state index contributed by atoms with van der Waals surface area (Å²) in [5.41, 5.74) is 9.46. The Labute approximate surface area is 162 Å². The van der Waals surface area contributed by atoms with E-state index in [1.54, 1.807) is 32.8 Å². The van der Waals surface area contributed by atoms with Gasteiger partial charge in [0.1, 0.15) is 5.75 Å². The number of hydrogen-bond acceptors (Lipinski definition) is 7. The van der Waals surface area contributed by atoms with Crippen LogP contribution < -0.4 is 15.2 Å². The number of aromatic nitrogens is 5. The molecule has 1 aromatic carbocycles. The maximum Gasteiger partial charge on any atom is 0.221 e. The summed E-state index contributed by atoms with van der Waals surface area (Å²) < 4.78 is 12.7. The Morgan fingerprint density at radius 3 is 2.61 bits per heavy atom. The maximum atomic E-state index is 6.07. The van der Waals surface area contributed by atoms with Gasteiger partial charge in [0.05, 0.1) is 32.7 Å². The van der Waals surface area contributed by atoms with E-state index in [0.29, 0.717) is 41.3 Å². The smallest absolute Gasteiger partial charge is 0.221 e. The van der Waals surface area contributed by atoms with Crippen LogP contribution in [0.1, 0.15) is 11.1 Å². The fraction of sp³-hybridized carbons (Fsp3) is 0.200. The quantitative estimate of drug-likeness (QED) is 0.571. The largest absolute Gasteiger partial charge is 0.496 e. The first-order chi connectivity index (χ1) is 13.6. The summed E-state index contributed by atoms with van der Waals surface area (Å²) in [6, 6.07) is 9.75. The Morgan fingerprint density at radius 1 is 1.04 bits per heavy atom. The molecular weight excluding hydrogens is 356 g/mol. The standard InChI is InChI=1S/C20H20N6O2/c1-12-6-4-5-7-13(12)18-24-16-17(21)23-11-26(19(16)25-18)10-14-15(27-2)8-9-22-20(14)28-3/h4-9,11H,10,21H2,1-3H3. The molecule has 8 heteroatoms. The second-order valence-electron chi connectivity index (χ2n) is 6.29. The zero-order chi connectivity index (χ0) is 19.7. The molecular formula is C20H20N6O2. The van der Waals surface area contributed by atoms with E-state index >= 15 is 0 Å². The molecule has 0 aliphatic carbocycles. The van der Waals surface area contributed by atoms with Crippen LogP contribution in [0.3, 0.4) is 0 Å². The minimum atomic E-state index is 0.337. The second kappa shape index (κ2) is 7.15. The van der Waals surface area contributed by atoms with Crippen molar-refractivity contribution in [3.63, 3.8) is 0 Å². The van der Waals surface area contributed by atoms with Gasteiger partial charge < -0.3 is 19.8 Å². The van der Waals surface area contributed by atoms with E-state index in [1.807, 2.05) is 35.8 Å². The molecule has 0 bridgehead atoms. The molecule has 2 N–H and O–H groups in total. The van der Waals surface area contributed by atoms with Crippen molar-refractivity contribution in [1.82, 2.24) is 24.5 Å². The number of hydrogen-bond donors (Lipinski definition) is 1. The normalized spacial score (nSPS) is 11.0. The molecule has 2 aliphatic rings. The molecule has 2 aliphatic heterocycles. The summed E-state index contributed by atoms with van der Waals surface area (Å²) in [6.07, 6.45) is 3.28. The summed E-state index contributed by atoms with van der Waals surface area (Å²) in [5.74, 6) is 2.74. The minimum absolute atomic E-state index is 0.337. The van der Waals surface area contributed by atoms with E-state index in [-0.39, 0.29) is 0 Å². The van der Waals surface area contributed by atoms with Gasteiger partial charge in [-0.3, -0.25) is 0 Å². The summed E-state index contributed by atoms with van der Waals surface area (Å²) in [7, 11) is 3.18. The monoisotopic (exact) mass is 376 g/mol.